The molecule has 2 aromatic rings. The topological polar surface area (TPSA) is 265 Å². The van der Waals surface area contributed by atoms with Crippen molar-refractivity contribution in [3.63, 3.8) is 0 Å². The highest BCUT2D eigenvalue weighted by atomic mass is 16.7. The lowest BCUT2D eigenvalue weighted by molar-refractivity contribution is -0.422. The van der Waals surface area contributed by atoms with Crippen LogP contribution in [-0.4, -0.2) is 125 Å². The number of nitro groups is 4. The number of ether oxygens (including phenoxy) is 10. The largest absolute Gasteiger partial charge is 0.487 e. The third-order valence-electron chi connectivity index (χ3n) is 6.30. The van der Waals surface area contributed by atoms with Crippen LogP contribution in [0, 0.1) is 40.5 Å². The van der Waals surface area contributed by atoms with Crippen molar-refractivity contribution in [3.05, 3.63) is 64.7 Å². The average molecular weight is 717 g/mol. The monoisotopic (exact) mass is 716 g/mol. The maximum Gasteiger partial charge on any atom is 0.350 e. The molecule has 50 heavy (non-hydrogen) atoms. The zero-order valence-electron chi connectivity index (χ0n) is 26.8. The molecule has 1 aliphatic rings. The SMILES string of the molecule is O=[N+]([O-])c1cc2c(cc1[N+](=O)[O-])OCCOCCOCCOCCOc1cc([N+](=O)[O-])c([N+](=O)[O-])cc1OCCOCCOCCOCCO2. The zero-order valence-corrected chi connectivity index (χ0v) is 26.8. The van der Waals surface area contributed by atoms with Crippen LogP contribution in [0.5, 0.6) is 23.0 Å². The Hall–Kier alpha value is -5.00. The van der Waals surface area contributed by atoms with Crippen molar-refractivity contribution >= 4 is 22.7 Å². The fourth-order valence-electron chi connectivity index (χ4n) is 4.04. The molecule has 1 heterocycles. The van der Waals surface area contributed by atoms with Gasteiger partial charge in [0.15, 0.2) is 23.0 Å². The van der Waals surface area contributed by atoms with Gasteiger partial charge in [0, 0.05) is 0 Å². The normalized spacial score (nSPS) is 17.1. The van der Waals surface area contributed by atoms with E-state index >= 15 is 0 Å². The van der Waals surface area contributed by atoms with E-state index in [0.717, 1.165) is 24.3 Å². The van der Waals surface area contributed by atoms with Gasteiger partial charge in [-0.1, -0.05) is 0 Å². The molecule has 0 saturated heterocycles. The maximum atomic E-state index is 11.4. The number of nitro benzene ring substituents is 4. The smallest absolute Gasteiger partial charge is 0.350 e. The molecular weight excluding hydrogens is 680 g/mol. The Morgan fingerprint density at radius 2 is 0.480 bits per heavy atom. The molecule has 0 radical (unpaired) electrons. The first-order valence-corrected chi connectivity index (χ1v) is 15.1. The van der Waals surface area contributed by atoms with Crippen molar-refractivity contribution in [2.24, 2.45) is 0 Å². The number of fused-ring (bicyclic) bond motifs is 2. The van der Waals surface area contributed by atoms with Gasteiger partial charge < -0.3 is 47.4 Å². The first-order valence-electron chi connectivity index (χ1n) is 15.1. The van der Waals surface area contributed by atoms with Crippen molar-refractivity contribution in [2.45, 2.75) is 0 Å². The van der Waals surface area contributed by atoms with Crippen LogP contribution in [0.25, 0.3) is 0 Å². The summed E-state index contributed by atoms with van der Waals surface area (Å²) in [6.45, 7) is 1.45. The molecule has 0 fully saturated rings. The quantitative estimate of drug-likeness (QED) is 0.325. The average Bonchev–Trinajstić information content (AvgIpc) is 3.08. The summed E-state index contributed by atoms with van der Waals surface area (Å²) in [4.78, 5) is 42.1. The first-order chi connectivity index (χ1) is 24.2. The van der Waals surface area contributed by atoms with Crippen LogP contribution in [0.4, 0.5) is 22.7 Å². The van der Waals surface area contributed by atoms with Gasteiger partial charge in [0.1, 0.15) is 26.4 Å². The summed E-state index contributed by atoms with van der Waals surface area (Å²) in [6, 6.07) is 3.67. The molecular formula is C28H36N4O18. The van der Waals surface area contributed by atoms with Crippen LogP contribution in [0.15, 0.2) is 24.3 Å². The molecule has 0 aliphatic carbocycles. The molecule has 0 spiro atoms. The predicted molar refractivity (Wildman–Crippen MR) is 166 cm³/mol. The van der Waals surface area contributed by atoms with Gasteiger partial charge in [-0.25, -0.2) is 0 Å². The van der Waals surface area contributed by atoms with Crippen molar-refractivity contribution < 1.29 is 67.1 Å². The van der Waals surface area contributed by atoms with Crippen molar-refractivity contribution in [3.8, 4) is 23.0 Å². The van der Waals surface area contributed by atoms with E-state index in [9.17, 15) is 40.5 Å². The molecule has 3 rings (SSSR count). The molecule has 0 aromatic heterocycles. The summed E-state index contributed by atoms with van der Waals surface area (Å²) in [5, 5.41) is 45.6. The zero-order chi connectivity index (χ0) is 36.1. The predicted octanol–water partition coefficient (Wildman–Crippen LogP) is 2.65. The Morgan fingerprint density at radius 1 is 0.320 bits per heavy atom. The molecule has 1 aliphatic heterocycles. The van der Waals surface area contributed by atoms with Gasteiger partial charge in [-0.2, -0.15) is 0 Å². The summed E-state index contributed by atoms with van der Waals surface area (Å²) >= 11 is 0. The van der Waals surface area contributed by atoms with E-state index in [1.54, 1.807) is 0 Å². The van der Waals surface area contributed by atoms with E-state index < -0.39 is 42.4 Å². The van der Waals surface area contributed by atoms with Crippen molar-refractivity contribution in [2.75, 3.05) is 106 Å². The lowest BCUT2D eigenvalue weighted by Gasteiger charge is -2.14. The van der Waals surface area contributed by atoms with E-state index in [-0.39, 0.29) is 129 Å². The van der Waals surface area contributed by atoms with Crippen molar-refractivity contribution in [1.29, 1.82) is 0 Å². The van der Waals surface area contributed by atoms with Gasteiger partial charge in [-0.05, 0) is 0 Å². The lowest BCUT2D eigenvalue weighted by atomic mass is 10.2. The number of rotatable bonds is 4. The van der Waals surface area contributed by atoms with Crippen LogP contribution < -0.4 is 18.9 Å². The van der Waals surface area contributed by atoms with Crippen molar-refractivity contribution in [1.82, 2.24) is 0 Å². The third kappa shape index (κ3) is 13.5. The molecule has 0 amide bonds. The summed E-state index contributed by atoms with van der Waals surface area (Å²) in [5.41, 5.74) is -3.05. The van der Waals surface area contributed by atoms with Crippen LogP contribution >= 0.6 is 0 Å². The van der Waals surface area contributed by atoms with E-state index in [4.69, 9.17) is 47.4 Å². The minimum Gasteiger partial charge on any atom is -0.487 e. The Bertz CT molecular complexity index is 1220. The van der Waals surface area contributed by atoms with Gasteiger partial charge in [0.2, 0.25) is 0 Å². The molecule has 22 heteroatoms. The summed E-state index contributed by atoms with van der Waals surface area (Å²) in [6.07, 6.45) is 0. The summed E-state index contributed by atoms with van der Waals surface area (Å²) < 4.78 is 54.8. The van der Waals surface area contributed by atoms with Gasteiger partial charge in [-0.15, -0.1) is 0 Å². The van der Waals surface area contributed by atoms with Gasteiger partial charge in [-0.3, -0.25) is 40.5 Å². The van der Waals surface area contributed by atoms with Gasteiger partial charge in [0.25, 0.3) is 0 Å². The summed E-state index contributed by atoms with van der Waals surface area (Å²) in [7, 11) is 0. The van der Waals surface area contributed by atoms with Gasteiger partial charge >= 0.3 is 22.7 Å². The maximum absolute atomic E-state index is 11.4. The van der Waals surface area contributed by atoms with E-state index in [1.807, 2.05) is 0 Å². The minimum atomic E-state index is -0.890. The molecule has 2 aromatic carbocycles. The molecule has 22 nitrogen and oxygen atoms in total. The van der Waals surface area contributed by atoms with Crippen LogP contribution in [0.1, 0.15) is 0 Å². The van der Waals surface area contributed by atoms with Gasteiger partial charge in [0.05, 0.1) is 123 Å². The molecule has 0 N–H and O–H groups in total. The number of hydrogen-bond donors (Lipinski definition) is 0. The Morgan fingerprint density at radius 3 is 0.640 bits per heavy atom. The summed E-state index contributed by atoms with van der Waals surface area (Å²) in [5.74, 6) is -0.334. The highest BCUT2D eigenvalue weighted by Gasteiger charge is 2.30. The third-order valence-corrected chi connectivity index (χ3v) is 6.30. The van der Waals surface area contributed by atoms with E-state index in [1.165, 1.54) is 0 Å². The minimum absolute atomic E-state index is 0.0576. The molecule has 0 bridgehead atoms. The molecule has 0 unspecified atom stereocenters. The second-order valence-electron chi connectivity index (χ2n) is 9.67. The lowest BCUT2D eigenvalue weighted by Crippen LogP contribution is -2.16. The van der Waals surface area contributed by atoms with E-state index in [2.05, 4.69) is 0 Å². The second kappa shape index (κ2) is 21.9. The highest BCUT2D eigenvalue weighted by molar-refractivity contribution is 5.63. The first kappa shape index (κ1) is 39.4. The Labute approximate surface area is 283 Å². The fraction of sp³-hybridized carbons (Fsp3) is 0.571. The van der Waals surface area contributed by atoms with Crippen LogP contribution in [0.3, 0.4) is 0 Å². The Balaban J connectivity index is 1.57. The van der Waals surface area contributed by atoms with E-state index in [0.29, 0.717) is 0 Å². The second-order valence-corrected chi connectivity index (χ2v) is 9.67. The fourth-order valence-corrected chi connectivity index (χ4v) is 4.04. The molecule has 0 atom stereocenters. The number of hydrogen-bond acceptors (Lipinski definition) is 18. The highest BCUT2D eigenvalue weighted by Crippen LogP contribution is 2.40. The number of benzene rings is 2. The molecule has 276 valence electrons. The Kier molecular flexibility index (Phi) is 17.2. The van der Waals surface area contributed by atoms with Crippen LogP contribution in [0.2, 0.25) is 0 Å². The molecule has 0 saturated carbocycles. The van der Waals surface area contributed by atoms with Crippen LogP contribution in [-0.2, 0) is 28.4 Å². The standard InChI is InChI=1S/C28H36N4O18/c33-29(34)21-17-25-26(18-22(21)30(35)36)49-15-11-45-7-3-42-4-8-46-12-16-50-28-20-24(32(39)40)23(31(37)38)19-27(28)48-14-10-44-6-2-41-1-5-43-9-13-47-25/h17-20H,1-16H2. The number of nitrogens with zero attached hydrogens (tertiary/aromatic N) is 4.